The van der Waals surface area contributed by atoms with E-state index in [1.165, 1.54) is 19.3 Å². The maximum absolute atomic E-state index is 5.45. The van der Waals surface area contributed by atoms with E-state index >= 15 is 0 Å². The van der Waals surface area contributed by atoms with Gasteiger partial charge in [0, 0.05) is 29.4 Å². The molecule has 1 fully saturated rings. The molecule has 0 amide bonds. The van der Waals surface area contributed by atoms with Crippen molar-refractivity contribution in [2.45, 2.75) is 38.4 Å². The number of hydrogen-bond acceptors (Lipinski definition) is 6. The number of aromatic nitrogens is 4. The molecule has 120 valence electrons. The Morgan fingerprint density at radius 2 is 2.35 bits per heavy atom. The molecule has 0 aliphatic carbocycles. The van der Waals surface area contributed by atoms with Crippen LogP contribution in [0.15, 0.2) is 39.8 Å². The largest absolute Gasteiger partial charge is 0.338 e. The van der Waals surface area contributed by atoms with Gasteiger partial charge in [0.2, 0.25) is 11.7 Å². The second-order valence-electron chi connectivity index (χ2n) is 5.87. The minimum atomic E-state index is 0.472. The molecule has 3 aromatic rings. The van der Waals surface area contributed by atoms with E-state index in [4.69, 9.17) is 4.52 Å². The lowest BCUT2D eigenvalue weighted by Crippen LogP contribution is -2.41. The first-order chi connectivity index (χ1) is 11.4. The van der Waals surface area contributed by atoms with Crippen LogP contribution in [-0.4, -0.2) is 37.4 Å². The molecule has 1 aliphatic heterocycles. The van der Waals surface area contributed by atoms with Crippen LogP contribution in [0.5, 0.6) is 0 Å². The van der Waals surface area contributed by atoms with Crippen molar-refractivity contribution in [2.75, 3.05) is 6.54 Å². The van der Waals surface area contributed by atoms with E-state index in [2.05, 4.69) is 20.1 Å². The highest BCUT2D eigenvalue weighted by atomic mass is 32.1. The predicted octanol–water partition coefficient (Wildman–Crippen LogP) is 3.05. The van der Waals surface area contributed by atoms with Crippen molar-refractivity contribution < 1.29 is 4.52 Å². The number of thiophene rings is 1. The summed E-state index contributed by atoms with van der Waals surface area (Å²) < 4.78 is 7.46. The number of rotatable bonds is 5. The fourth-order valence-electron chi connectivity index (χ4n) is 3.10. The van der Waals surface area contributed by atoms with Crippen LogP contribution in [0.3, 0.4) is 0 Å². The molecule has 0 spiro atoms. The van der Waals surface area contributed by atoms with Crippen molar-refractivity contribution in [2.24, 2.45) is 0 Å². The highest BCUT2D eigenvalue weighted by Crippen LogP contribution is 2.22. The van der Waals surface area contributed by atoms with Crippen molar-refractivity contribution in [3.63, 3.8) is 0 Å². The van der Waals surface area contributed by atoms with Gasteiger partial charge in [0.1, 0.15) is 0 Å². The van der Waals surface area contributed by atoms with Crippen LogP contribution in [0.25, 0.3) is 11.4 Å². The molecule has 1 atom stereocenters. The second kappa shape index (κ2) is 6.64. The molecule has 0 radical (unpaired) electrons. The zero-order valence-corrected chi connectivity index (χ0v) is 13.7. The fraction of sp³-hybridized carbons (Fsp3) is 0.438. The maximum Gasteiger partial charge on any atom is 0.241 e. The van der Waals surface area contributed by atoms with Crippen molar-refractivity contribution in [3.05, 3.63) is 41.2 Å². The van der Waals surface area contributed by atoms with Crippen LogP contribution in [0.1, 0.15) is 25.2 Å². The monoisotopic (exact) mass is 329 g/mol. The summed E-state index contributed by atoms with van der Waals surface area (Å²) in [4.78, 5) is 6.98. The molecular weight excluding hydrogens is 310 g/mol. The molecular formula is C16H19N5OS. The lowest BCUT2D eigenvalue weighted by Gasteiger charge is -2.34. The Labute approximate surface area is 138 Å². The predicted molar refractivity (Wildman–Crippen MR) is 87.9 cm³/mol. The van der Waals surface area contributed by atoms with Crippen molar-refractivity contribution in [1.82, 2.24) is 24.8 Å². The van der Waals surface area contributed by atoms with Gasteiger partial charge in [-0.2, -0.15) is 21.4 Å². The highest BCUT2D eigenvalue weighted by Gasteiger charge is 2.25. The molecule has 0 saturated carbocycles. The van der Waals surface area contributed by atoms with E-state index in [0.717, 1.165) is 18.7 Å². The van der Waals surface area contributed by atoms with E-state index in [9.17, 15) is 0 Å². The van der Waals surface area contributed by atoms with Crippen LogP contribution in [0.4, 0.5) is 0 Å². The Morgan fingerprint density at radius 1 is 1.35 bits per heavy atom. The molecule has 1 saturated heterocycles. The van der Waals surface area contributed by atoms with Gasteiger partial charge < -0.3 is 4.52 Å². The minimum absolute atomic E-state index is 0.472. The summed E-state index contributed by atoms with van der Waals surface area (Å²) in [5.74, 6) is 1.38. The third-order valence-corrected chi connectivity index (χ3v) is 4.98. The third-order valence-electron chi connectivity index (χ3n) is 4.29. The lowest BCUT2D eigenvalue weighted by atomic mass is 10.0. The summed E-state index contributed by atoms with van der Waals surface area (Å²) in [7, 11) is 0. The van der Waals surface area contributed by atoms with Crippen molar-refractivity contribution in [1.29, 1.82) is 0 Å². The standard InChI is InChI=1S/C16H19N5OS/c1-2-7-20(14(4-1)10-21-8-3-6-17-21)11-15-18-16(19-22-15)13-5-9-23-12-13/h3,5-6,8-9,12,14H,1-2,4,7,10-11H2. The molecule has 3 aromatic heterocycles. The van der Waals surface area contributed by atoms with Crippen LogP contribution in [0.2, 0.25) is 0 Å². The summed E-state index contributed by atoms with van der Waals surface area (Å²) in [6.07, 6.45) is 7.53. The van der Waals surface area contributed by atoms with Crippen molar-refractivity contribution in [3.8, 4) is 11.4 Å². The summed E-state index contributed by atoms with van der Waals surface area (Å²) in [6.45, 7) is 2.70. The van der Waals surface area contributed by atoms with Crippen LogP contribution in [-0.2, 0) is 13.1 Å². The SMILES string of the molecule is c1cnn(CC2CCCCN2Cc2nc(-c3ccsc3)no2)c1. The number of nitrogens with zero attached hydrogens (tertiary/aromatic N) is 5. The molecule has 6 nitrogen and oxygen atoms in total. The first kappa shape index (κ1) is 14.6. The second-order valence-corrected chi connectivity index (χ2v) is 6.65. The van der Waals surface area contributed by atoms with Gasteiger partial charge in [-0.05, 0) is 36.9 Å². The molecule has 0 bridgehead atoms. The number of piperidine rings is 1. The molecule has 4 rings (SSSR count). The van der Waals surface area contributed by atoms with Gasteiger partial charge in [-0.1, -0.05) is 11.6 Å². The molecule has 0 aromatic carbocycles. The van der Waals surface area contributed by atoms with Gasteiger partial charge in [0.05, 0.1) is 13.1 Å². The maximum atomic E-state index is 5.45. The van der Waals surface area contributed by atoms with E-state index in [-0.39, 0.29) is 0 Å². The third kappa shape index (κ3) is 3.35. The number of likely N-dealkylation sites (tertiary alicyclic amines) is 1. The summed E-state index contributed by atoms with van der Waals surface area (Å²) >= 11 is 1.64. The summed E-state index contributed by atoms with van der Waals surface area (Å²) in [5, 5.41) is 12.5. The van der Waals surface area contributed by atoms with Gasteiger partial charge >= 0.3 is 0 Å². The Kier molecular flexibility index (Phi) is 4.21. The topological polar surface area (TPSA) is 60.0 Å². The van der Waals surface area contributed by atoms with E-state index in [1.807, 2.05) is 40.0 Å². The Hall–Kier alpha value is -1.99. The van der Waals surface area contributed by atoms with Gasteiger partial charge in [0.15, 0.2) is 0 Å². The first-order valence-electron chi connectivity index (χ1n) is 7.95. The molecule has 0 N–H and O–H groups in total. The van der Waals surface area contributed by atoms with Gasteiger partial charge in [-0.25, -0.2) is 0 Å². The average Bonchev–Trinajstić information content (AvgIpc) is 3.31. The van der Waals surface area contributed by atoms with E-state index in [1.54, 1.807) is 11.3 Å². The number of hydrogen-bond donors (Lipinski definition) is 0. The molecule has 7 heteroatoms. The minimum Gasteiger partial charge on any atom is -0.338 e. The van der Waals surface area contributed by atoms with Gasteiger partial charge in [-0.3, -0.25) is 9.58 Å². The van der Waals surface area contributed by atoms with Gasteiger partial charge in [-0.15, -0.1) is 0 Å². The summed E-state index contributed by atoms with van der Waals surface area (Å²) in [5.41, 5.74) is 1.02. The fourth-order valence-corrected chi connectivity index (χ4v) is 3.74. The zero-order chi connectivity index (χ0) is 15.5. The normalized spacial score (nSPS) is 19.2. The first-order valence-corrected chi connectivity index (χ1v) is 8.89. The Morgan fingerprint density at radius 3 is 3.17 bits per heavy atom. The van der Waals surface area contributed by atoms with Gasteiger partial charge in [0.25, 0.3) is 0 Å². The van der Waals surface area contributed by atoms with E-state index < -0.39 is 0 Å². The molecule has 23 heavy (non-hydrogen) atoms. The Balaban J connectivity index is 1.45. The average molecular weight is 329 g/mol. The van der Waals surface area contributed by atoms with Crippen LogP contribution < -0.4 is 0 Å². The van der Waals surface area contributed by atoms with E-state index in [0.29, 0.717) is 24.3 Å². The molecule has 1 aliphatic rings. The van der Waals surface area contributed by atoms with Crippen molar-refractivity contribution >= 4 is 11.3 Å². The zero-order valence-electron chi connectivity index (χ0n) is 12.8. The quantitative estimate of drug-likeness (QED) is 0.720. The Bertz CT molecular complexity index is 722. The van der Waals surface area contributed by atoms with Crippen LogP contribution >= 0.6 is 11.3 Å². The smallest absolute Gasteiger partial charge is 0.241 e. The summed E-state index contributed by atoms with van der Waals surface area (Å²) in [6, 6.07) is 4.46. The van der Waals surface area contributed by atoms with Crippen LogP contribution in [0, 0.1) is 0 Å². The molecule has 1 unspecified atom stereocenters. The highest BCUT2D eigenvalue weighted by molar-refractivity contribution is 7.08. The molecule has 4 heterocycles. The lowest BCUT2D eigenvalue weighted by molar-refractivity contribution is 0.108.